The maximum Gasteiger partial charge on any atom is 0.338 e. The lowest BCUT2D eigenvalue weighted by Crippen LogP contribution is -2.31. The highest BCUT2D eigenvalue weighted by molar-refractivity contribution is 5.90. The van der Waals surface area contributed by atoms with Crippen molar-refractivity contribution < 1.29 is 19.0 Å². The molecule has 0 fully saturated rings. The van der Waals surface area contributed by atoms with Gasteiger partial charge in [0.15, 0.2) is 22.7 Å². The van der Waals surface area contributed by atoms with Crippen LogP contribution in [0.5, 0.6) is 11.5 Å². The van der Waals surface area contributed by atoms with Crippen molar-refractivity contribution in [1.29, 1.82) is 0 Å². The SMILES string of the molecule is CCCCn1c(=O)[nH]c(=O)c2c1nc(COC(=O)c1ccc(OCC)c(OCC)c1)n2CCC. The van der Waals surface area contributed by atoms with E-state index in [1.54, 1.807) is 22.8 Å². The molecule has 10 heteroatoms. The van der Waals surface area contributed by atoms with Crippen LogP contribution in [0.4, 0.5) is 0 Å². The minimum Gasteiger partial charge on any atom is -0.490 e. The van der Waals surface area contributed by atoms with E-state index >= 15 is 0 Å². The maximum absolute atomic E-state index is 12.8. The Labute approximate surface area is 197 Å². The largest absolute Gasteiger partial charge is 0.490 e. The maximum atomic E-state index is 12.8. The summed E-state index contributed by atoms with van der Waals surface area (Å²) in [6.45, 7) is 9.39. The number of unbranched alkanes of at least 4 members (excludes halogenated alkanes) is 1. The third kappa shape index (κ3) is 5.32. The van der Waals surface area contributed by atoms with Crippen LogP contribution in [0, 0.1) is 0 Å². The number of aryl methyl sites for hydroxylation is 2. The number of hydrogen-bond donors (Lipinski definition) is 1. The molecule has 0 amide bonds. The number of fused-ring (bicyclic) bond motifs is 1. The van der Waals surface area contributed by atoms with Gasteiger partial charge in [0.25, 0.3) is 5.56 Å². The van der Waals surface area contributed by atoms with E-state index in [1.807, 2.05) is 27.7 Å². The molecule has 0 bridgehead atoms. The molecule has 0 atom stereocenters. The minimum absolute atomic E-state index is 0.147. The van der Waals surface area contributed by atoms with Crippen LogP contribution in [0.3, 0.4) is 0 Å². The predicted octanol–water partition coefficient (Wildman–Crippen LogP) is 3.25. The van der Waals surface area contributed by atoms with Crippen LogP contribution >= 0.6 is 0 Å². The minimum atomic E-state index is -0.559. The second kappa shape index (κ2) is 11.5. The van der Waals surface area contributed by atoms with E-state index in [0.717, 1.165) is 19.3 Å². The zero-order valence-corrected chi connectivity index (χ0v) is 20.2. The summed E-state index contributed by atoms with van der Waals surface area (Å²) < 4.78 is 19.8. The van der Waals surface area contributed by atoms with Gasteiger partial charge in [-0.05, 0) is 44.9 Å². The quantitative estimate of drug-likeness (QED) is 0.402. The summed E-state index contributed by atoms with van der Waals surface area (Å²) in [7, 11) is 0. The predicted molar refractivity (Wildman–Crippen MR) is 128 cm³/mol. The summed E-state index contributed by atoms with van der Waals surface area (Å²) in [4.78, 5) is 44.7. The lowest BCUT2D eigenvalue weighted by Gasteiger charge is -2.12. The summed E-state index contributed by atoms with van der Waals surface area (Å²) in [5, 5.41) is 0. The summed E-state index contributed by atoms with van der Waals surface area (Å²) in [5.41, 5.74) is -0.0694. The Balaban J connectivity index is 1.92. The number of carbonyl (C=O) groups is 1. The number of esters is 1. The number of aromatic amines is 1. The van der Waals surface area contributed by atoms with E-state index < -0.39 is 17.2 Å². The second-order valence-electron chi connectivity index (χ2n) is 7.72. The van der Waals surface area contributed by atoms with Crippen LogP contribution in [-0.2, 0) is 24.4 Å². The van der Waals surface area contributed by atoms with E-state index in [0.29, 0.717) is 60.4 Å². The van der Waals surface area contributed by atoms with Gasteiger partial charge in [-0.3, -0.25) is 14.3 Å². The van der Waals surface area contributed by atoms with Crippen molar-refractivity contribution in [2.24, 2.45) is 0 Å². The molecule has 0 saturated carbocycles. The van der Waals surface area contributed by atoms with Gasteiger partial charge in [-0.25, -0.2) is 14.6 Å². The third-order valence-electron chi connectivity index (χ3n) is 5.26. The standard InChI is InChI=1S/C24H32N4O6/c1-5-9-13-28-21-20(22(29)26-24(28)31)27(12-6-2)19(25-21)15-34-23(30)16-10-11-17(32-7-3)18(14-16)33-8-4/h10-11,14H,5-9,12-13,15H2,1-4H3,(H,26,29,31). The van der Waals surface area contributed by atoms with Gasteiger partial charge in [-0.2, -0.15) is 0 Å². The number of nitrogens with one attached hydrogen (secondary N) is 1. The molecule has 10 nitrogen and oxygen atoms in total. The van der Waals surface area contributed by atoms with E-state index in [-0.39, 0.29) is 6.61 Å². The molecule has 0 unspecified atom stereocenters. The molecule has 3 aromatic rings. The lowest BCUT2D eigenvalue weighted by molar-refractivity contribution is 0.0458. The van der Waals surface area contributed by atoms with Gasteiger partial charge in [-0.1, -0.05) is 20.3 Å². The molecule has 34 heavy (non-hydrogen) atoms. The monoisotopic (exact) mass is 472 g/mol. The molecule has 0 aliphatic heterocycles. The van der Waals surface area contributed by atoms with Crippen molar-refractivity contribution in [1.82, 2.24) is 19.1 Å². The molecule has 2 aromatic heterocycles. The zero-order chi connectivity index (χ0) is 24.7. The van der Waals surface area contributed by atoms with Crippen LogP contribution in [0.15, 0.2) is 27.8 Å². The van der Waals surface area contributed by atoms with Gasteiger partial charge in [0.05, 0.1) is 18.8 Å². The highest BCUT2D eigenvalue weighted by Gasteiger charge is 2.20. The van der Waals surface area contributed by atoms with Crippen molar-refractivity contribution >= 4 is 17.1 Å². The first-order valence-electron chi connectivity index (χ1n) is 11.7. The van der Waals surface area contributed by atoms with Crippen LogP contribution < -0.4 is 20.7 Å². The fraction of sp³-hybridized carbons (Fsp3) is 0.500. The first kappa shape index (κ1) is 25.1. The molecule has 1 aromatic carbocycles. The topological polar surface area (TPSA) is 117 Å². The molecular formula is C24H32N4O6. The van der Waals surface area contributed by atoms with Gasteiger partial charge in [-0.15, -0.1) is 0 Å². The number of ether oxygens (including phenoxy) is 3. The molecule has 0 saturated heterocycles. The van der Waals surface area contributed by atoms with Gasteiger partial charge in [0, 0.05) is 13.1 Å². The van der Waals surface area contributed by atoms with Crippen molar-refractivity contribution in [3.8, 4) is 11.5 Å². The number of H-pyrrole nitrogens is 1. The van der Waals surface area contributed by atoms with Crippen LogP contribution in [0.25, 0.3) is 11.2 Å². The number of rotatable bonds is 12. The van der Waals surface area contributed by atoms with Crippen molar-refractivity contribution in [2.75, 3.05) is 13.2 Å². The second-order valence-corrected chi connectivity index (χ2v) is 7.72. The molecule has 3 rings (SSSR count). The summed E-state index contributed by atoms with van der Waals surface area (Å²) in [5.74, 6) is 0.859. The normalized spacial score (nSPS) is 11.1. The van der Waals surface area contributed by atoms with E-state index in [9.17, 15) is 14.4 Å². The molecule has 0 spiro atoms. The van der Waals surface area contributed by atoms with E-state index in [4.69, 9.17) is 14.2 Å². The molecule has 0 aliphatic carbocycles. The smallest absolute Gasteiger partial charge is 0.338 e. The Kier molecular flexibility index (Phi) is 8.50. The fourth-order valence-electron chi connectivity index (χ4n) is 3.71. The van der Waals surface area contributed by atoms with Crippen LogP contribution in [0.1, 0.15) is 63.1 Å². The first-order valence-corrected chi connectivity index (χ1v) is 11.7. The van der Waals surface area contributed by atoms with Gasteiger partial charge in [0.2, 0.25) is 0 Å². The molecule has 1 N–H and O–H groups in total. The highest BCUT2D eigenvalue weighted by Crippen LogP contribution is 2.29. The van der Waals surface area contributed by atoms with E-state index in [1.165, 1.54) is 4.57 Å². The number of aromatic nitrogens is 4. The number of benzene rings is 1. The molecule has 0 radical (unpaired) electrons. The Morgan fingerprint density at radius 3 is 2.38 bits per heavy atom. The van der Waals surface area contributed by atoms with Crippen molar-refractivity contribution in [2.45, 2.75) is 66.7 Å². The molecule has 2 heterocycles. The van der Waals surface area contributed by atoms with E-state index in [2.05, 4.69) is 9.97 Å². The third-order valence-corrected chi connectivity index (χ3v) is 5.26. The first-order chi connectivity index (χ1) is 16.4. The molecular weight excluding hydrogens is 440 g/mol. The highest BCUT2D eigenvalue weighted by atomic mass is 16.5. The van der Waals surface area contributed by atoms with Gasteiger partial charge in [0.1, 0.15) is 12.4 Å². The molecule has 184 valence electrons. The van der Waals surface area contributed by atoms with Crippen molar-refractivity contribution in [3.63, 3.8) is 0 Å². The summed E-state index contributed by atoms with van der Waals surface area (Å²) in [6.07, 6.45) is 2.39. The average Bonchev–Trinajstić information content (AvgIpc) is 3.17. The summed E-state index contributed by atoms with van der Waals surface area (Å²) >= 11 is 0. The molecule has 0 aliphatic rings. The summed E-state index contributed by atoms with van der Waals surface area (Å²) in [6, 6.07) is 4.86. The number of nitrogens with zero attached hydrogens (tertiary/aromatic N) is 3. The Morgan fingerprint density at radius 2 is 1.71 bits per heavy atom. The Bertz CT molecular complexity index is 1260. The average molecular weight is 473 g/mol. The number of carbonyl (C=O) groups excluding carboxylic acids is 1. The Morgan fingerprint density at radius 1 is 0.971 bits per heavy atom. The lowest BCUT2D eigenvalue weighted by atomic mass is 10.2. The Hall–Kier alpha value is -3.56. The van der Waals surface area contributed by atoms with Gasteiger partial charge < -0.3 is 18.8 Å². The number of imidazole rings is 1. The fourth-order valence-corrected chi connectivity index (χ4v) is 3.71. The van der Waals surface area contributed by atoms with Crippen molar-refractivity contribution in [3.05, 3.63) is 50.4 Å². The van der Waals surface area contributed by atoms with Crippen LogP contribution in [0.2, 0.25) is 0 Å². The zero-order valence-electron chi connectivity index (χ0n) is 20.2. The van der Waals surface area contributed by atoms with Gasteiger partial charge >= 0.3 is 11.7 Å². The number of hydrogen-bond acceptors (Lipinski definition) is 7. The van der Waals surface area contributed by atoms with Crippen LogP contribution in [-0.4, -0.2) is 38.3 Å².